The van der Waals surface area contributed by atoms with Gasteiger partial charge in [0.1, 0.15) is 0 Å². The van der Waals surface area contributed by atoms with E-state index in [1.165, 1.54) is 0 Å². The molecule has 0 bridgehead atoms. The van der Waals surface area contributed by atoms with E-state index in [0.717, 1.165) is 5.56 Å². The number of nitrogens with two attached hydrogens (primary N) is 1. The molecule has 2 aromatic carbocycles. The van der Waals surface area contributed by atoms with Crippen molar-refractivity contribution >= 4 is 21.5 Å². The van der Waals surface area contributed by atoms with Crippen LogP contribution in [-0.4, -0.2) is 19.5 Å². The van der Waals surface area contributed by atoms with E-state index in [2.05, 4.69) is 9.88 Å². The number of hydrogen-bond acceptors (Lipinski definition) is 4. The van der Waals surface area contributed by atoms with Crippen molar-refractivity contribution in [2.45, 2.75) is 11.8 Å². The van der Waals surface area contributed by atoms with Gasteiger partial charge in [-0.2, -0.15) is 0 Å². The fraction of sp³-hybridized carbons (Fsp3) is 0.0714. The van der Waals surface area contributed by atoms with Crippen molar-refractivity contribution in [1.82, 2.24) is 0 Å². The standard InChI is InChI=1S/C14H15N3O3S/c1-10-2-8-13(9-3-10)21(19,20)17-12-6-4-11(5-7-12)14(15)16-18/h2-9,17-18H,1H3,(H2,15,16). The lowest BCUT2D eigenvalue weighted by atomic mass is 10.2. The lowest BCUT2D eigenvalue weighted by molar-refractivity contribution is 0.318. The molecule has 0 aliphatic heterocycles. The van der Waals surface area contributed by atoms with Crippen molar-refractivity contribution in [3.8, 4) is 0 Å². The van der Waals surface area contributed by atoms with Gasteiger partial charge in [-0.15, -0.1) is 0 Å². The topological polar surface area (TPSA) is 105 Å². The zero-order valence-corrected chi connectivity index (χ0v) is 12.1. The Labute approximate surface area is 123 Å². The van der Waals surface area contributed by atoms with E-state index in [4.69, 9.17) is 10.9 Å². The van der Waals surface area contributed by atoms with E-state index in [9.17, 15) is 8.42 Å². The molecular formula is C14H15N3O3S. The fourth-order valence-corrected chi connectivity index (χ4v) is 2.76. The highest BCUT2D eigenvalue weighted by Crippen LogP contribution is 2.17. The Morgan fingerprint density at radius 1 is 1.10 bits per heavy atom. The van der Waals surface area contributed by atoms with E-state index in [0.29, 0.717) is 11.3 Å². The van der Waals surface area contributed by atoms with Gasteiger partial charge in [-0.25, -0.2) is 8.42 Å². The van der Waals surface area contributed by atoms with E-state index in [1.807, 2.05) is 6.92 Å². The number of nitrogens with one attached hydrogen (secondary N) is 1. The van der Waals surface area contributed by atoms with Gasteiger partial charge >= 0.3 is 0 Å². The first-order chi connectivity index (χ1) is 9.92. The summed E-state index contributed by atoms with van der Waals surface area (Å²) in [6, 6.07) is 12.7. The minimum atomic E-state index is -3.63. The molecule has 0 heterocycles. The molecule has 7 heteroatoms. The Hall–Kier alpha value is -2.54. The quantitative estimate of drug-likeness (QED) is 0.347. The fourth-order valence-electron chi connectivity index (χ4n) is 1.70. The summed E-state index contributed by atoms with van der Waals surface area (Å²) in [4.78, 5) is 0.189. The normalized spacial score (nSPS) is 12.1. The zero-order chi connectivity index (χ0) is 15.5. The Morgan fingerprint density at radius 2 is 1.67 bits per heavy atom. The molecule has 0 radical (unpaired) electrons. The van der Waals surface area contributed by atoms with Gasteiger partial charge in [0.15, 0.2) is 5.84 Å². The van der Waals surface area contributed by atoms with Gasteiger partial charge in [-0.05, 0) is 43.3 Å². The first-order valence-corrected chi connectivity index (χ1v) is 7.58. The monoisotopic (exact) mass is 305 g/mol. The molecule has 2 aromatic rings. The second-order valence-electron chi connectivity index (χ2n) is 4.48. The average molecular weight is 305 g/mol. The van der Waals surface area contributed by atoms with Crippen molar-refractivity contribution in [2.24, 2.45) is 10.9 Å². The number of hydrogen-bond donors (Lipinski definition) is 3. The molecule has 6 nitrogen and oxygen atoms in total. The maximum atomic E-state index is 12.2. The molecule has 0 saturated carbocycles. The molecule has 2 rings (SSSR count). The Bertz CT molecular complexity index is 751. The van der Waals surface area contributed by atoms with Crippen LogP contribution in [0.2, 0.25) is 0 Å². The van der Waals surface area contributed by atoms with Gasteiger partial charge in [-0.3, -0.25) is 4.72 Å². The predicted octanol–water partition coefficient (Wildman–Crippen LogP) is 1.89. The van der Waals surface area contributed by atoms with Crippen molar-refractivity contribution in [2.75, 3.05) is 4.72 Å². The van der Waals surface area contributed by atoms with Crippen molar-refractivity contribution in [1.29, 1.82) is 0 Å². The summed E-state index contributed by atoms with van der Waals surface area (Å²) in [7, 11) is -3.63. The second kappa shape index (κ2) is 5.84. The number of aryl methyl sites for hydroxylation is 1. The maximum Gasteiger partial charge on any atom is 0.261 e. The summed E-state index contributed by atoms with van der Waals surface area (Å²) in [6.45, 7) is 1.88. The van der Waals surface area contributed by atoms with E-state index < -0.39 is 10.0 Å². The smallest absolute Gasteiger partial charge is 0.261 e. The number of oxime groups is 1. The van der Waals surface area contributed by atoms with Crippen LogP contribution in [0.4, 0.5) is 5.69 Å². The number of amidine groups is 1. The molecule has 0 fully saturated rings. The Balaban J connectivity index is 2.23. The SMILES string of the molecule is Cc1ccc(S(=O)(=O)Nc2ccc(/C(N)=N/O)cc2)cc1. The van der Waals surface area contributed by atoms with Crippen LogP contribution in [0, 0.1) is 6.92 Å². The molecule has 110 valence electrons. The van der Waals surface area contributed by atoms with E-state index in [-0.39, 0.29) is 10.7 Å². The molecule has 0 amide bonds. The molecule has 0 saturated heterocycles. The van der Waals surface area contributed by atoms with Crippen LogP contribution in [0.25, 0.3) is 0 Å². The van der Waals surface area contributed by atoms with Crippen LogP contribution >= 0.6 is 0 Å². The summed E-state index contributed by atoms with van der Waals surface area (Å²) in [5.41, 5.74) is 7.31. The third-order valence-corrected chi connectivity index (χ3v) is 4.27. The summed E-state index contributed by atoms with van der Waals surface area (Å²) in [5, 5.41) is 11.4. The largest absolute Gasteiger partial charge is 0.409 e. The lowest BCUT2D eigenvalue weighted by Gasteiger charge is -2.09. The highest BCUT2D eigenvalue weighted by Gasteiger charge is 2.13. The third kappa shape index (κ3) is 3.51. The molecule has 0 spiro atoms. The van der Waals surface area contributed by atoms with Crippen LogP contribution in [0.15, 0.2) is 58.6 Å². The summed E-state index contributed by atoms with van der Waals surface area (Å²) >= 11 is 0. The Kier molecular flexibility index (Phi) is 4.13. The molecule has 21 heavy (non-hydrogen) atoms. The highest BCUT2D eigenvalue weighted by atomic mass is 32.2. The summed E-state index contributed by atoms with van der Waals surface area (Å²) in [6.07, 6.45) is 0. The number of benzene rings is 2. The van der Waals surface area contributed by atoms with Crippen molar-refractivity contribution in [3.63, 3.8) is 0 Å². The molecular weight excluding hydrogens is 290 g/mol. The van der Waals surface area contributed by atoms with Crippen LogP contribution in [0.3, 0.4) is 0 Å². The average Bonchev–Trinajstić information content (AvgIpc) is 2.47. The summed E-state index contributed by atoms with van der Waals surface area (Å²) in [5.74, 6) is -0.0389. The molecule has 0 aliphatic rings. The van der Waals surface area contributed by atoms with Gasteiger partial charge < -0.3 is 10.9 Å². The summed E-state index contributed by atoms with van der Waals surface area (Å²) < 4.78 is 26.8. The highest BCUT2D eigenvalue weighted by molar-refractivity contribution is 7.92. The minimum absolute atomic E-state index is 0.0389. The van der Waals surface area contributed by atoms with Gasteiger partial charge in [0.05, 0.1) is 4.90 Å². The molecule has 0 aliphatic carbocycles. The molecule has 0 unspecified atom stereocenters. The van der Waals surface area contributed by atoms with Crippen LogP contribution in [0.1, 0.15) is 11.1 Å². The third-order valence-electron chi connectivity index (χ3n) is 2.87. The van der Waals surface area contributed by atoms with Crippen LogP contribution in [-0.2, 0) is 10.0 Å². The minimum Gasteiger partial charge on any atom is -0.409 e. The lowest BCUT2D eigenvalue weighted by Crippen LogP contribution is -2.14. The molecule has 0 atom stereocenters. The Morgan fingerprint density at radius 3 is 2.19 bits per heavy atom. The number of rotatable bonds is 4. The first kappa shape index (κ1) is 14.9. The van der Waals surface area contributed by atoms with Gasteiger partial charge in [0, 0.05) is 11.3 Å². The van der Waals surface area contributed by atoms with E-state index in [1.54, 1.807) is 48.5 Å². The first-order valence-electron chi connectivity index (χ1n) is 6.10. The number of anilines is 1. The van der Waals surface area contributed by atoms with Gasteiger partial charge in [0.25, 0.3) is 10.0 Å². The van der Waals surface area contributed by atoms with Crippen molar-refractivity contribution in [3.05, 3.63) is 59.7 Å². The number of nitrogens with zero attached hydrogens (tertiary/aromatic N) is 1. The number of sulfonamides is 1. The maximum absolute atomic E-state index is 12.2. The van der Waals surface area contributed by atoms with Crippen LogP contribution < -0.4 is 10.5 Å². The second-order valence-corrected chi connectivity index (χ2v) is 6.16. The molecule has 0 aromatic heterocycles. The van der Waals surface area contributed by atoms with Gasteiger partial charge in [0.2, 0.25) is 0 Å². The van der Waals surface area contributed by atoms with Crippen molar-refractivity contribution < 1.29 is 13.6 Å². The molecule has 4 N–H and O–H groups in total. The van der Waals surface area contributed by atoms with Crippen LogP contribution in [0.5, 0.6) is 0 Å². The van der Waals surface area contributed by atoms with Gasteiger partial charge in [-0.1, -0.05) is 22.9 Å². The van der Waals surface area contributed by atoms with E-state index >= 15 is 0 Å². The zero-order valence-electron chi connectivity index (χ0n) is 11.3. The predicted molar refractivity (Wildman–Crippen MR) is 80.9 cm³/mol.